The number of rotatable bonds is 7. The molecule has 0 saturated carbocycles. The zero-order valence-corrected chi connectivity index (χ0v) is 17.8. The van der Waals surface area contributed by atoms with Gasteiger partial charge in [-0.05, 0) is 55.5 Å². The summed E-state index contributed by atoms with van der Waals surface area (Å²) in [4.78, 5) is 29.7. The second kappa shape index (κ2) is 9.49. The fourth-order valence-corrected chi connectivity index (χ4v) is 3.96. The Hall–Kier alpha value is -3.58. The van der Waals surface area contributed by atoms with Crippen molar-refractivity contribution in [1.82, 2.24) is 9.55 Å². The van der Waals surface area contributed by atoms with Crippen LogP contribution in [0.2, 0.25) is 0 Å². The van der Waals surface area contributed by atoms with Crippen LogP contribution in [-0.2, 0) is 11.3 Å². The Morgan fingerprint density at radius 2 is 1.65 bits per heavy atom. The van der Waals surface area contributed by atoms with Gasteiger partial charge >= 0.3 is 0 Å². The van der Waals surface area contributed by atoms with E-state index < -0.39 is 0 Å². The van der Waals surface area contributed by atoms with Crippen LogP contribution < -0.4 is 15.6 Å². The average Bonchev–Trinajstić information content (AvgIpc) is 2.80. The number of benzene rings is 3. The van der Waals surface area contributed by atoms with E-state index >= 15 is 0 Å². The SMILES string of the molecule is CCn1c(SCC(=O)Nc2ccc(Oc3ccccc3)cc2)nc2ccccc2c1=O. The predicted molar refractivity (Wildman–Crippen MR) is 124 cm³/mol. The van der Waals surface area contributed by atoms with Crippen molar-refractivity contribution in [3.05, 3.63) is 89.2 Å². The summed E-state index contributed by atoms with van der Waals surface area (Å²) in [5.41, 5.74) is 1.21. The molecule has 0 aliphatic carbocycles. The van der Waals surface area contributed by atoms with E-state index in [1.165, 1.54) is 11.8 Å². The highest BCUT2D eigenvalue weighted by Crippen LogP contribution is 2.23. The fraction of sp³-hybridized carbons (Fsp3) is 0.125. The largest absolute Gasteiger partial charge is 0.457 e. The molecule has 7 heteroatoms. The van der Waals surface area contributed by atoms with Gasteiger partial charge in [0.2, 0.25) is 5.91 Å². The monoisotopic (exact) mass is 431 g/mol. The zero-order chi connectivity index (χ0) is 21.6. The molecule has 1 aromatic heterocycles. The fourth-order valence-electron chi connectivity index (χ4n) is 3.09. The number of nitrogens with one attached hydrogen (secondary N) is 1. The maximum atomic E-state index is 12.7. The van der Waals surface area contributed by atoms with Gasteiger partial charge in [0.1, 0.15) is 11.5 Å². The van der Waals surface area contributed by atoms with E-state index in [1.54, 1.807) is 41.0 Å². The molecule has 0 fully saturated rings. The molecule has 0 saturated heterocycles. The van der Waals surface area contributed by atoms with Crippen LogP contribution in [0.4, 0.5) is 5.69 Å². The maximum absolute atomic E-state index is 12.7. The molecule has 31 heavy (non-hydrogen) atoms. The summed E-state index contributed by atoms with van der Waals surface area (Å²) in [5, 5.41) is 3.98. The van der Waals surface area contributed by atoms with Gasteiger partial charge in [-0.25, -0.2) is 4.98 Å². The van der Waals surface area contributed by atoms with Crippen molar-refractivity contribution >= 4 is 34.3 Å². The first-order valence-electron chi connectivity index (χ1n) is 9.89. The molecular weight excluding hydrogens is 410 g/mol. The third-order valence-electron chi connectivity index (χ3n) is 4.59. The highest BCUT2D eigenvalue weighted by atomic mass is 32.2. The van der Waals surface area contributed by atoms with E-state index in [4.69, 9.17) is 4.74 Å². The van der Waals surface area contributed by atoms with Crippen LogP contribution in [0, 0.1) is 0 Å². The highest BCUT2D eigenvalue weighted by molar-refractivity contribution is 7.99. The smallest absolute Gasteiger partial charge is 0.262 e. The first-order valence-corrected chi connectivity index (χ1v) is 10.9. The van der Waals surface area contributed by atoms with Gasteiger partial charge in [-0.3, -0.25) is 14.2 Å². The third kappa shape index (κ3) is 4.95. The standard InChI is InChI=1S/C24H21N3O3S/c1-2-27-23(29)20-10-6-7-11-21(20)26-24(27)31-16-22(28)25-17-12-14-19(15-13-17)30-18-8-4-3-5-9-18/h3-15H,2,16H2,1H3,(H,25,28). The number of aromatic nitrogens is 2. The van der Waals surface area contributed by atoms with Gasteiger partial charge in [0.05, 0.1) is 16.7 Å². The summed E-state index contributed by atoms with van der Waals surface area (Å²) >= 11 is 1.25. The molecule has 4 aromatic rings. The van der Waals surface area contributed by atoms with Crippen LogP contribution in [-0.4, -0.2) is 21.2 Å². The lowest BCUT2D eigenvalue weighted by molar-refractivity contribution is -0.113. The number of fused-ring (bicyclic) bond motifs is 1. The molecule has 0 radical (unpaired) electrons. The Balaban J connectivity index is 1.40. The number of carbonyl (C=O) groups is 1. The van der Waals surface area contributed by atoms with Crippen LogP contribution in [0.15, 0.2) is 88.8 Å². The summed E-state index contributed by atoms with van der Waals surface area (Å²) in [6, 6.07) is 23.9. The number of thioether (sulfide) groups is 1. The highest BCUT2D eigenvalue weighted by Gasteiger charge is 2.12. The predicted octanol–water partition coefficient (Wildman–Crippen LogP) is 4.94. The Labute approximate surface area is 183 Å². The minimum absolute atomic E-state index is 0.0926. The van der Waals surface area contributed by atoms with E-state index in [2.05, 4.69) is 10.3 Å². The topological polar surface area (TPSA) is 73.2 Å². The Bertz CT molecular complexity index is 1250. The van der Waals surface area contributed by atoms with Crippen molar-refractivity contribution in [2.24, 2.45) is 0 Å². The Morgan fingerprint density at radius 3 is 2.39 bits per heavy atom. The van der Waals surface area contributed by atoms with Gasteiger partial charge in [0, 0.05) is 12.2 Å². The molecule has 0 aliphatic heterocycles. The van der Waals surface area contributed by atoms with Gasteiger partial charge in [-0.15, -0.1) is 0 Å². The number of amides is 1. The van der Waals surface area contributed by atoms with Crippen LogP contribution in [0.3, 0.4) is 0 Å². The molecule has 4 rings (SSSR count). The zero-order valence-electron chi connectivity index (χ0n) is 16.9. The van der Waals surface area contributed by atoms with Crippen LogP contribution in [0.25, 0.3) is 10.9 Å². The molecule has 0 unspecified atom stereocenters. The summed E-state index contributed by atoms with van der Waals surface area (Å²) in [5.74, 6) is 1.41. The van der Waals surface area contributed by atoms with Gasteiger partial charge in [-0.2, -0.15) is 0 Å². The number of carbonyl (C=O) groups excluding carboxylic acids is 1. The van der Waals surface area contributed by atoms with Gasteiger partial charge in [0.25, 0.3) is 5.56 Å². The third-order valence-corrected chi connectivity index (χ3v) is 5.57. The lowest BCUT2D eigenvalue weighted by atomic mass is 10.2. The molecule has 0 spiro atoms. The van der Waals surface area contributed by atoms with Gasteiger partial charge in [0.15, 0.2) is 5.16 Å². The molecule has 1 N–H and O–H groups in total. The van der Waals surface area contributed by atoms with E-state index in [0.29, 0.717) is 34.0 Å². The van der Waals surface area contributed by atoms with Gasteiger partial charge in [-0.1, -0.05) is 42.1 Å². The molecule has 6 nitrogen and oxygen atoms in total. The van der Waals surface area contributed by atoms with E-state index in [-0.39, 0.29) is 17.2 Å². The molecule has 0 bridgehead atoms. The molecular formula is C24H21N3O3S. The molecule has 1 heterocycles. The summed E-state index contributed by atoms with van der Waals surface area (Å²) in [6.45, 7) is 2.38. The van der Waals surface area contributed by atoms with Crippen LogP contribution in [0.5, 0.6) is 11.5 Å². The molecule has 0 aliphatic rings. The van der Waals surface area contributed by atoms with Crippen molar-refractivity contribution in [2.45, 2.75) is 18.6 Å². The van der Waals surface area contributed by atoms with Crippen LogP contribution >= 0.6 is 11.8 Å². The van der Waals surface area contributed by atoms with Crippen molar-refractivity contribution in [1.29, 1.82) is 0 Å². The van der Waals surface area contributed by atoms with Crippen LogP contribution in [0.1, 0.15) is 6.92 Å². The lowest BCUT2D eigenvalue weighted by Crippen LogP contribution is -2.23. The Morgan fingerprint density at radius 1 is 0.968 bits per heavy atom. The number of hydrogen-bond donors (Lipinski definition) is 1. The molecule has 3 aromatic carbocycles. The number of para-hydroxylation sites is 2. The number of hydrogen-bond acceptors (Lipinski definition) is 5. The van der Waals surface area contributed by atoms with Gasteiger partial charge < -0.3 is 10.1 Å². The summed E-state index contributed by atoms with van der Waals surface area (Å²) in [7, 11) is 0. The normalized spacial score (nSPS) is 10.7. The van der Waals surface area contributed by atoms with Crippen molar-refractivity contribution in [3.8, 4) is 11.5 Å². The Kier molecular flexibility index (Phi) is 6.33. The second-order valence-corrected chi connectivity index (χ2v) is 7.68. The number of ether oxygens (including phenoxy) is 1. The summed E-state index contributed by atoms with van der Waals surface area (Å²) in [6.07, 6.45) is 0. The first kappa shape index (κ1) is 20.7. The van der Waals surface area contributed by atoms with E-state index in [0.717, 1.165) is 5.75 Å². The maximum Gasteiger partial charge on any atom is 0.262 e. The minimum Gasteiger partial charge on any atom is -0.457 e. The van der Waals surface area contributed by atoms with Crippen molar-refractivity contribution in [2.75, 3.05) is 11.1 Å². The molecule has 0 atom stereocenters. The first-order chi connectivity index (χ1) is 15.1. The molecule has 1 amide bonds. The molecule has 156 valence electrons. The lowest BCUT2D eigenvalue weighted by Gasteiger charge is -2.11. The minimum atomic E-state index is -0.174. The van der Waals surface area contributed by atoms with E-state index in [9.17, 15) is 9.59 Å². The van der Waals surface area contributed by atoms with Crippen molar-refractivity contribution in [3.63, 3.8) is 0 Å². The average molecular weight is 432 g/mol. The number of nitrogens with zero attached hydrogens (tertiary/aromatic N) is 2. The quantitative estimate of drug-likeness (QED) is 0.331. The second-order valence-electron chi connectivity index (χ2n) is 6.74. The van der Waals surface area contributed by atoms with Crippen molar-refractivity contribution < 1.29 is 9.53 Å². The summed E-state index contributed by atoms with van der Waals surface area (Å²) < 4.78 is 7.35. The van der Waals surface area contributed by atoms with E-state index in [1.807, 2.05) is 49.4 Å². The number of anilines is 1.